The third kappa shape index (κ3) is 4.58. The lowest BCUT2D eigenvalue weighted by atomic mass is 10.1. The maximum absolute atomic E-state index is 6.02. The van der Waals surface area contributed by atoms with Crippen LogP contribution in [0.25, 0.3) is 0 Å². The molecule has 2 rings (SSSR count). The average Bonchev–Trinajstić information content (AvgIpc) is 2.46. The summed E-state index contributed by atoms with van der Waals surface area (Å²) in [5, 5.41) is 0.676. The zero-order valence-corrected chi connectivity index (χ0v) is 13.8. The fraction of sp³-hybridized carbons (Fsp3) is 0.625. The molecule has 1 aliphatic heterocycles. The van der Waals surface area contributed by atoms with E-state index in [0.717, 1.165) is 31.0 Å². The summed E-state index contributed by atoms with van der Waals surface area (Å²) in [7, 11) is 0. The van der Waals surface area contributed by atoms with Gasteiger partial charge in [-0.15, -0.1) is 0 Å². The third-order valence-corrected chi connectivity index (χ3v) is 4.02. The molecule has 4 nitrogen and oxygen atoms in total. The lowest BCUT2D eigenvalue weighted by Crippen LogP contribution is -2.47. The Morgan fingerprint density at radius 1 is 1.43 bits per heavy atom. The van der Waals surface area contributed by atoms with Crippen molar-refractivity contribution in [1.29, 1.82) is 0 Å². The first kappa shape index (κ1) is 16.6. The topological polar surface area (TPSA) is 47.7 Å². The minimum Gasteiger partial charge on any atom is -0.490 e. The van der Waals surface area contributed by atoms with E-state index >= 15 is 0 Å². The first-order valence-corrected chi connectivity index (χ1v) is 7.88. The predicted molar refractivity (Wildman–Crippen MR) is 86.0 cm³/mol. The Morgan fingerprint density at radius 2 is 2.19 bits per heavy atom. The Bertz CT molecular complexity index is 466. The Kier molecular flexibility index (Phi) is 5.88. The van der Waals surface area contributed by atoms with Crippen LogP contribution in [-0.2, 0) is 4.74 Å². The van der Waals surface area contributed by atoms with E-state index in [1.54, 1.807) is 0 Å². The number of halogens is 1. The molecule has 1 fully saturated rings. The standard InChI is InChI=1S/C16H25ClN2O2/c1-11(2)19-6-7-20-14(9-19)10-21-16-5-4-13(17)8-15(16)12(3)18/h4-5,8,11-12,14H,6-7,9-10,18H2,1-3H3/t12-,14?/m1/s1. The van der Waals surface area contributed by atoms with Crippen LogP contribution in [0.4, 0.5) is 0 Å². The zero-order valence-electron chi connectivity index (χ0n) is 13.0. The molecule has 2 atom stereocenters. The number of hydrogen-bond acceptors (Lipinski definition) is 4. The van der Waals surface area contributed by atoms with Gasteiger partial charge in [-0.05, 0) is 39.0 Å². The van der Waals surface area contributed by atoms with Crippen LogP contribution < -0.4 is 10.5 Å². The van der Waals surface area contributed by atoms with Gasteiger partial charge in [0.15, 0.2) is 0 Å². The highest BCUT2D eigenvalue weighted by atomic mass is 35.5. The zero-order chi connectivity index (χ0) is 15.4. The molecular formula is C16H25ClN2O2. The van der Waals surface area contributed by atoms with Crippen molar-refractivity contribution in [3.05, 3.63) is 28.8 Å². The summed E-state index contributed by atoms with van der Waals surface area (Å²) in [6.07, 6.45) is 0.0951. The maximum atomic E-state index is 6.02. The molecule has 1 aromatic rings. The van der Waals surface area contributed by atoms with Crippen molar-refractivity contribution in [3.8, 4) is 5.75 Å². The van der Waals surface area contributed by atoms with Crippen LogP contribution in [0.3, 0.4) is 0 Å². The van der Waals surface area contributed by atoms with Crippen molar-refractivity contribution < 1.29 is 9.47 Å². The van der Waals surface area contributed by atoms with Gasteiger partial charge in [-0.25, -0.2) is 0 Å². The minimum atomic E-state index is -0.113. The Labute approximate surface area is 132 Å². The molecule has 1 saturated heterocycles. The minimum absolute atomic E-state index is 0.0951. The van der Waals surface area contributed by atoms with Crippen molar-refractivity contribution in [2.45, 2.75) is 39.0 Å². The molecule has 1 heterocycles. The van der Waals surface area contributed by atoms with Gasteiger partial charge < -0.3 is 15.2 Å². The van der Waals surface area contributed by atoms with Gasteiger partial charge in [-0.1, -0.05) is 11.6 Å². The molecule has 0 aromatic heterocycles. The normalized spacial score (nSPS) is 21.5. The molecule has 0 bridgehead atoms. The van der Waals surface area contributed by atoms with E-state index in [-0.39, 0.29) is 12.1 Å². The molecule has 1 unspecified atom stereocenters. The van der Waals surface area contributed by atoms with Crippen LogP contribution in [0.5, 0.6) is 5.75 Å². The van der Waals surface area contributed by atoms with Crippen LogP contribution >= 0.6 is 11.6 Å². The first-order chi connectivity index (χ1) is 9.97. The lowest BCUT2D eigenvalue weighted by molar-refractivity contribution is -0.0565. The van der Waals surface area contributed by atoms with E-state index in [2.05, 4.69) is 18.7 Å². The van der Waals surface area contributed by atoms with Crippen molar-refractivity contribution >= 4 is 11.6 Å². The van der Waals surface area contributed by atoms with Gasteiger partial charge in [-0.3, -0.25) is 4.90 Å². The number of ether oxygens (including phenoxy) is 2. The molecule has 1 aromatic carbocycles. The second-order valence-electron chi connectivity index (χ2n) is 5.86. The summed E-state index contributed by atoms with van der Waals surface area (Å²) in [5.74, 6) is 0.791. The molecule has 5 heteroatoms. The third-order valence-electron chi connectivity index (χ3n) is 3.79. The number of benzene rings is 1. The molecule has 0 saturated carbocycles. The van der Waals surface area contributed by atoms with Gasteiger partial charge in [0.1, 0.15) is 18.5 Å². The van der Waals surface area contributed by atoms with Gasteiger partial charge in [0, 0.05) is 35.8 Å². The summed E-state index contributed by atoms with van der Waals surface area (Å²) in [4.78, 5) is 2.41. The monoisotopic (exact) mass is 312 g/mol. The van der Waals surface area contributed by atoms with Gasteiger partial charge >= 0.3 is 0 Å². The van der Waals surface area contributed by atoms with E-state index in [1.165, 1.54) is 0 Å². The maximum Gasteiger partial charge on any atom is 0.124 e. The van der Waals surface area contributed by atoms with Crippen LogP contribution in [-0.4, -0.2) is 43.3 Å². The summed E-state index contributed by atoms with van der Waals surface area (Å²) in [6.45, 7) is 9.51. The molecular weight excluding hydrogens is 288 g/mol. The Hall–Kier alpha value is -0.810. The highest BCUT2D eigenvalue weighted by Crippen LogP contribution is 2.27. The van der Waals surface area contributed by atoms with Crippen molar-refractivity contribution in [2.24, 2.45) is 5.73 Å². The molecule has 2 N–H and O–H groups in total. The van der Waals surface area contributed by atoms with Crippen LogP contribution in [0.1, 0.15) is 32.4 Å². The number of nitrogens with zero attached hydrogens (tertiary/aromatic N) is 1. The highest BCUT2D eigenvalue weighted by molar-refractivity contribution is 6.30. The molecule has 118 valence electrons. The van der Waals surface area contributed by atoms with Gasteiger partial charge in [0.25, 0.3) is 0 Å². The van der Waals surface area contributed by atoms with E-state index < -0.39 is 0 Å². The quantitative estimate of drug-likeness (QED) is 0.908. The van der Waals surface area contributed by atoms with E-state index in [0.29, 0.717) is 17.7 Å². The molecule has 0 spiro atoms. The predicted octanol–water partition coefficient (Wildman–Crippen LogP) is 2.85. The molecule has 21 heavy (non-hydrogen) atoms. The molecule has 1 aliphatic rings. The average molecular weight is 313 g/mol. The summed E-state index contributed by atoms with van der Waals surface area (Å²) >= 11 is 6.02. The fourth-order valence-corrected chi connectivity index (χ4v) is 2.68. The van der Waals surface area contributed by atoms with Gasteiger partial charge in [-0.2, -0.15) is 0 Å². The Morgan fingerprint density at radius 3 is 2.86 bits per heavy atom. The fourth-order valence-electron chi connectivity index (χ4n) is 2.50. The summed E-state index contributed by atoms with van der Waals surface area (Å²) in [6, 6.07) is 5.99. The van der Waals surface area contributed by atoms with Crippen molar-refractivity contribution in [1.82, 2.24) is 4.90 Å². The number of rotatable bonds is 5. The summed E-state index contributed by atoms with van der Waals surface area (Å²) < 4.78 is 11.7. The van der Waals surface area contributed by atoms with E-state index in [9.17, 15) is 0 Å². The second kappa shape index (κ2) is 7.45. The second-order valence-corrected chi connectivity index (χ2v) is 6.30. The van der Waals surface area contributed by atoms with E-state index in [4.69, 9.17) is 26.8 Å². The van der Waals surface area contributed by atoms with Crippen molar-refractivity contribution in [3.63, 3.8) is 0 Å². The summed E-state index contributed by atoms with van der Waals surface area (Å²) in [5.41, 5.74) is 6.91. The van der Waals surface area contributed by atoms with Gasteiger partial charge in [0.2, 0.25) is 0 Å². The molecule has 0 radical (unpaired) electrons. The van der Waals surface area contributed by atoms with E-state index in [1.807, 2.05) is 25.1 Å². The first-order valence-electron chi connectivity index (χ1n) is 7.51. The smallest absolute Gasteiger partial charge is 0.124 e. The SMILES string of the molecule is CC(C)N1CCOC(COc2ccc(Cl)cc2[C@@H](C)N)C1. The van der Waals surface area contributed by atoms with Crippen LogP contribution in [0.2, 0.25) is 5.02 Å². The molecule has 0 aliphatic carbocycles. The molecule has 0 amide bonds. The Balaban J connectivity index is 1.96. The van der Waals surface area contributed by atoms with Crippen LogP contribution in [0, 0.1) is 0 Å². The number of nitrogens with two attached hydrogens (primary N) is 1. The lowest BCUT2D eigenvalue weighted by Gasteiger charge is -2.35. The van der Waals surface area contributed by atoms with Crippen LogP contribution in [0.15, 0.2) is 18.2 Å². The largest absolute Gasteiger partial charge is 0.490 e. The number of morpholine rings is 1. The highest BCUT2D eigenvalue weighted by Gasteiger charge is 2.23. The number of hydrogen-bond donors (Lipinski definition) is 1. The van der Waals surface area contributed by atoms with Gasteiger partial charge in [0.05, 0.1) is 6.61 Å². The van der Waals surface area contributed by atoms with Crippen molar-refractivity contribution in [2.75, 3.05) is 26.3 Å².